The minimum atomic E-state index is -0.181. The minimum absolute atomic E-state index is 0.181. The Bertz CT molecular complexity index is 463. The molecule has 0 aliphatic heterocycles. The van der Waals surface area contributed by atoms with E-state index in [-0.39, 0.29) is 5.97 Å². The van der Waals surface area contributed by atoms with Gasteiger partial charge < -0.3 is 4.74 Å². The van der Waals surface area contributed by atoms with Gasteiger partial charge in [-0.2, -0.15) is 0 Å². The van der Waals surface area contributed by atoms with Crippen LogP contribution < -0.4 is 0 Å². The van der Waals surface area contributed by atoms with Crippen molar-refractivity contribution in [2.24, 2.45) is 0 Å². The number of methoxy groups -OCH3 is 1. The molecule has 0 aromatic carbocycles. The molecule has 0 unspecified atom stereocenters. The number of allylic oxidation sites excluding steroid dienone is 8. The Balaban J connectivity index is 3.86. The molecule has 0 aromatic rings. The van der Waals surface area contributed by atoms with E-state index < -0.39 is 0 Å². The zero-order chi connectivity index (χ0) is 18.8. The summed E-state index contributed by atoms with van der Waals surface area (Å²) < 4.78 is 20.3. The van der Waals surface area contributed by atoms with Crippen LogP contribution >= 0.6 is 0 Å². The first-order valence-corrected chi connectivity index (χ1v) is 8.78. The molecule has 0 fully saturated rings. The van der Waals surface area contributed by atoms with Gasteiger partial charge in [-0.25, -0.2) is 0 Å². The van der Waals surface area contributed by atoms with Gasteiger partial charge in [0.25, 0.3) is 0 Å². The van der Waals surface area contributed by atoms with Crippen molar-refractivity contribution in [3.05, 3.63) is 48.6 Å². The van der Waals surface area contributed by atoms with Crippen LogP contribution in [0.4, 0.5) is 0 Å². The molecule has 0 atom stereocenters. The van der Waals surface area contributed by atoms with Crippen LogP contribution in [0.1, 0.15) is 73.9 Å². The lowest BCUT2D eigenvalue weighted by Crippen LogP contribution is -1.98. The Kier molecular flexibility index (Phi) is 14.3. The van der Waals surface area contributed by atoms with E-state index in [9.17, 15) is 4.79 Å². The molecule has 130 valence electrons. The van der Waals surface area contributed by atoms with Crippen LogP contribution in [-0.2, 0) is 9.53 Å². The average molecular weight is 322 g/mol. The molecule has 0 bridgehead atoms. The monoisotopic (exact) mass is 321 g/mol. The van der Waals surface area contributed by atoms with E-state index in [0.717, 1.165) is 25.7 Å². The predicted molar refractivity (Wildman–Crippen MR) is 100 cm³/mol. The van der Waals surface area contributed by atoms with E-state index >= 15 is 0 Å². The second-order valence-corrected chi connectivity index (χ2v) is 5.37. The van der Waals surface area contributed by atoms with Gasteiger partial charge in [-0.1, -0.05) is 68.3 Å². The Labute approximate surface area is 145 Å². The molecule has 0 N–H and O–H groups in total. The molecule has 2 heteroatoms. The van der Waals surface area contributed by atoms with E-state index in [2.05, 4.69) is 23.8 Å². The van der Waals surface area contributed by atoms with Gasteiger partial charge in [0.1, 0.15) is 0 Å². The molecule has 0 aromatic heterocycles. The highest BCUT2D eigenvalue weighted by atomic mass is 16.5. The zero-order valence-corrected chi connectivity index (χ0v) is 14.9. The summed E-state index contributed by atoms with van der Waals surface area (Å²) >= 11 is 0. The van der Waals surface area contributed by atoms with Gasteiger partial charge in [-0.15, -0.1) is 0 Å². The molecule has 0 amide bonds. The summed E-state index contributed by atoms with van der Waals surface area (Å²) in [5.41, 5.74) is 0. The van der Waals surface area contributed by atoms with E-state index in [4.69, 9.17) is 2.74 Å². The summed E-state index contributed by atoms with van der Waals surface area (Å²) in [7, 11) is 1.40. The maximum absolute atomic E-state index is 10.9. The molecule has 23 heavy (non-hydrogen) atoms. The first-order chi connectivity index (χ1) is 12.1. The summed E-state index contributed by atoms with van der Waals surface area (Å²) in [5, 5.41) is 0. The van der Waals surface area contributed by atoms with Crippen molar-refractivity contribution in [1.29, 1.82) is 0 Å². The zero-order valence-electron chi connectivity index (χ0n) is 16.9. The lowest BCUT2D eigenvalue weighted by molar-refractivity contribution is -0.140. The number of hydrogen-bond donors (Lipinski definition) is 0. The Hall–Kier alpha value is -1.57. The van der Waals surface area contributed by atoms with Crippen molar-refractivity contribution in [2.75, 3.05) is 7.11 Å². The second kappa shape index (κ2) is 18.5. The van der Waals surface area contributed by atoms with Gasteiger partial charge >= 0.3 is 5.97 Å². The normalized spacial score (nSPS) is 14.3. The number of carbonyl (C=O) groups excluding carboxylic acids is 1. The fourth-order valence-electron chi connectivity index (χ4n) is 1.91. The summed E-state index contributed by atoms with van der Waals surface area (Å²) in [6, 6.07) is 1.09. The molecule has 0 spiro atoms. The van der Waals surface area contributed by atoms with Gasteiger partial charge in [0.15, 0.2) is 0 Å². The molecule has 0 heterocycles. The third kappa shape index (κ3) is 18.4. The molecule has 0 saturated carbocycles. The highest BCUT2D eigenvalue weighted by Gasteiger charge is 1.96. The second-order valence-electron chi connectivity index (χ2n) is 5.37. The summed E-state index contributed by atoms with van der Waals surface area (Å²) in [4.78, 5) is 10.9. The molecule has 0 aliphatic carbocycles. The van der Waals surface area contributed by atoms with Crippen molar-refractivity contribution in [3.63, 3.8) is 0 Å². The lowest BCUT2D eigenvalue weighted by Gasteiger charge is -1.95. The molecule has 0 saturated heterocycles. The summed E-state index contributed by atoms with van der Waals surface area (Å²) in [6.07, 6.45) is 20.7. The van der Waals surface area contributed by atoms with Crippen LogP contribution in [-0.4, -0.2) is 13.1 Å². The third-order valence-corrected chi connectivity index (χ3v) is 3.29. The molecule has 2 nitrogen and oxygen atoms in total. The Morgan fingerprint density at radius 1 is 1.00 bits per heavy atom. The minimum Gasteiger partial charge on any atom is -0.469 e. The Morgan fingerprint density at radius 3 is 2.48 bits per heavy atom. The summed E-state index contributed by atoms with van der Waals surface area (Å²) in [6.45, 7) is 2.20. The van der Waals surface area contributed by atoms with Gasteiger partial charge in [0.05, 0.1) is 9.85 Å². The van der Waals surface area contributed by atoms with Crippen molar-refractivity contribution in [3.8, 4) is 0 Å². The molecule has 0 radical (unpaired) electrons. The van der Waals surface area contributed by atoms with E-state index in [1.165, 1.54) is 26.4 Å². The first-order valence-electron chi connectivity index (χ1n) is 9.78. The Morgan fingerprint density at radius 2 is 1.74 bits per heavy atom. The van der Waals surface area contributed by atoms with Crippen LogP contribution in [0.5, 0.6) is 0 Å². The standard InChI is InChI=1S/C21H34O2/c1-3-4-5-6-7-8-9-10-11-12-13-14-15-16-17-18-19-20-21(22)23-2/h7-8,10-11,13-14,16-17H,3-6,9,12,15,18-20H2,1-2H3/b8-7-,11-10-,14-13-,17-16-/i11D,14T. The largest absolute Gasteiger partial charge is 0.469 e. The smallest absolute Gasteiger partial charge is 0.305 e. The van der Waals surface area contributed by atoms with Gasteiger partial charge in [0, 0.05) is 6.42 Å². The maximum Gasteiger partial charge on any atom is 0.305 e. The molecular formula is C21H34O2. The quantitative estimate of drug-likeness (QED) is 0.213. The van der Waals surface area contributed by atoms with Crippen molar-refractivity contribution in [1.82, 2.24) is 0 Å². The van der Waals surface area contributed by atoms with Crippen LogP contribution in [0.2, 0.25) is 0 Å². The maximum atomic E-state index is 10.9. The van der Waals surface area contributed by atoms with E-state index in [0.29, 0.717) is 31.4 Å². The molecule has 0 aliphatic rings. The highest BCUT2D eigenvalue weighted by Crippen LogP contribution is 2.01. The number of esters is 1. The average Bonchev–Trinajstić information content (AvgIpc) is 2.61. The van der Waals surface area contributed by atoms with E-state index in [1.807, 2.05) is 18.2 Å². The number of carbonyl (C=O) groups is 1. The fourth-order valence-corrected chi connectivity index (χ4v) is 1.91. The topological polar surface area (TPSA) is 26.3 Å². The number of hydrogen-bond acceptors (Lipinski definition) is 2. The van der Waals surface area contributed by atoms with Crippen LogP contribution in [0.25, 0.3) is 0 Å². The van der Waals surface area contributed by atoms with Crippen LogP contribution in [0, 0.1) is 0 Å². The number of ether oxygens (including phenoxy) is 1. The summed E-state index contributed by atoms with van der Waals surface area (Å²) in [5.74, 6) is -0.181. The van der Waals surface area contributed by atoms with Gasteiger partial charge in [0.2, 0.25) is 0 Å². The van der Waals surface area contributed by atoms with Crippen LogP contribution in [0.15, 0.2) is 48.6 Å². The van der Waals surface area contributed by atoms with Crippen molar-refractivity contribution >= 4 is 5.97 Å². The predicted octanol–water partition coefficient (Wildman–Crippen LogP) is 6.31. The lowest BCUT2D eigenvalue weighted by atomic mass is 10.2. The molecular weight excluding hydrogens is 284 g/mol. The fraction of sp³-hybridized carbons (Fsp3) is 0.571. The number of rotatable bonds is 14. The first kappa shape index (κ1) is 17.8. The molecule has 0 rings (SSSR count). The van der Waals surface area contributed by atoms with Crippen LogP contribution in [0.3, 0.4) is 0 Å². The highest BCUT2D eigenvalue weighted by molar-refractivity contribution is 5.69. The van der Waals surface area contributed by atoms with Gasteiger partial charge in [-0.3, -0.25) is 4.79 Å². The van der Waals surface area contributed by atoms with E-state index in [1.54, 1.807) is 6.08 Å². The third-order valence-electron chi connectivity index (χ3n) is 3.29. The van der Waals surface area contributed by atoms with Gasteiger partial charge in [-0.05, 0) is 44.9 Å². The SMILES string of the molecule is [2H]/C(=C/C/C=C\CCCCC)C/C=C(/[3H])C/C=C\CCCC(=O)OC. The van der Waals surface area contributed by atoms with Crippen molar-refractivity contribution in [2.45, 2.75) is 71.1 Å². The van der Waals surface area contributed by atoms with Crippen molar-refractivity contribution < 1.29 is 12.3 Å². The number of unbranched alkanes of at least 4 members (excludes halogenated alkanes) is 4.